The highest BCUT2D eigenvalue weighted by Crippen LogP contribution is 2.17. The number of rotatable bonds is 2. The third-order valence-electron chi connectivity index (χ3n) is 2.91. The first-order chi connectivity index (χ1) is 10.1. The van der Waals surface area contributed by atoms with Crippen molar-refractivity contribution in [3.63, 3.8) is 0 Å². The summed E-state index contributed by atoms with van der Waals surface area (Å²) in [6.07, 6.45) is 0. The minimum Gasteiger partial charge on any atom is -0.322 e. The van der Waals surface area contributed by atoms with Gasteiger partial charge in [0.1, 0.15) is 0 Å². The average Bonchev–Trinajstić information content (AvgIpc) is 2.47. The van der Waals surface area contributed by atoms with Crippen molar-refractivity contribution in [1.82, 2.24) is 0 Å². The number of aryl methyl sites for hydroxylation is 1. The van der Waals surface area contributed by atoms with Crippen molar-refractivity contribution in [2.24, 2.45) is 5.73 Å². The molecular formula is C17H15ClN2O. The second kappa shape index (κ2) is 6.94. The summed E-state index contributed by atoms with van der Waals surface area (Å²) in [6, 6.07) is 12.4. The van der Waals surface area contributed by atoms with Gasteiger partial charge in [-0.05, 0) is 42.8 Å². The molecule has 0 aliphatic rings. The van der Waals surface area contributed by atoms with Crippen LogP contribution < -0.4 is 11.1 Å². The Kier molecular flexibility index (Phi) is 4.99. The first kappa shape index (κ1) is 15.1. The molecule has 3 N–H and O–H groups in total. The molecule has 4 heteroatoms. The second-order valence-electron chi connectivity index (χ2n) is 4.50. The predicted octanol–water partition coefficient (Wildman–Crippen LogP) is 3.21. The number of benzene rings is 2. The summed E-state index contributed by atoms with van der Waals surface area (Å²) in [5, 5.41) is 3.36. The molecule has 106 valence electrons. The highest BCUT2D eigenvalue weighted by Gasteiger charge is 2.07. The number of anilines is 1. The average molecular weight is 299 g/mol. The van der Waals surface area contributed by atoms with Crippen LogP contribution in [0.5, 0.6) is 0 Å². The monoisotopic (exact) mass is 298 g/mol. The van der Waals surface area contributed by atoms with E-state index in [1.807, 2.05) is 25.1 Å². The maximum atomic E-state index is 12.2. The van der Waals surface area contributed by atoms with Crippen LogP contribution in [-0.4, -0.2) is 12.5 Å². The Morgan fingerprint density at radius 2 is 2.10 bits per heavy atom. The number of carbonyl (C=O) groups is 1. The fraction of sp³-hybridized carbons (Fsp3) is 0.118. The Hall–Kier alpha value is -2.28. The van der Waals surface area contributed by atoms with Crippen LogP contribution in [0.2, 0.25) is 5.02 Å². The van der Waals surface area contributed by atoms with Crippen LogP contribution in [0.25, 0.3) is 0 Å². The van der Waals surface area contributed by atoms with Gasteiger partial charge in [-0.1, -0.05) is 35.6 Å². The highest BCUT2D eigenvalue weighted by molar-refractivity contribution is 6.31. The van der Waals surface area contributed by atoms with E-state index in [2.05, 4.69) is 17.2 Å². The van der Waals surface area contributed by atoms with E-state index in [4.69, 9.17) is 17.3 Å². The molecule has 0 unspecified atom stereocenters. The van der Waals surface area contributed by atoms with Crippen molar-refractivity contribution in [2.45, 2.75) is 6.92 Å². The lowest BCUT2D eigenvalue weighted by molar-refractivity contribution is 0.102. The molecule has 2 rings (SSSR count). The maximum Gasteiger partial charge on any atom is 0.255 e. The summed E-state index contributed by atoms with van der Waals surface area (Å²) in [6.45, 7) is 2.27. The van der Waals surface area contributed by atoms with Crippen molar-refractivity contribution in [2.75, 3.05) is 11.9 Å². The zero-order chi connectivity index (χ0) is 15.2. The van der Waals surface area contributed by atoms with E-state index in [-0.39, 0.29) is 5.91 Å². The van der Waals surface area contributed by atoms with Gasteiger partial charge in [0.2, 0.25) is 0 Å². The van der Waals surface area contributed by atoms with Crippen LogP contribution in [0.4, 0.5) is 5.69 Å². The first-order valence-corrected chi connectivity index (χ1v) is 6.84. The van der Waals surface area contributed by atoms with Crippen molar-refractivity contribution >= 4 is 23.2 Å². The number of amides is 1. The zero-order valence-electron chi connectivity index (χ0n) is 11.6. The van der Waals surface area contributed by atoms with Gasteiger partial charge in [0.05, 0.1) is 6.54 Å². The van der Waals surface area contributed by atoms with Crippen LogP contribution in [0, 0.1) is 18.8 Å². The SMILES string of the molecule is Cc1ccc(NC(=O)c2cccc(Cl)c2)cc1C#CCN. The molecular weight excluding hydrogens is 284 g/mol. The number of nitrogens with two attached hydrogens (primary N) is 1. The van der Waals surface area contributed by atoms with Gasteiger partial charge < -0.3 is 11.1 Å². The molecule has 0 atom stereocenters. The molecule has 0 saturated carbocycles. The molecule has 3 nitrogen and oxygen atoms in total. The van der Waals surface area contributed by atoms with Crippen LogP contribution in [-0.2, 0) is 0 Å². The number of nitrogens with one attached hydrogen (secondary N) is 1. The van der Waals surface area contributed by atoms with E-state index in [0.29, 0.717) is 22.8 Å². The molecule has 0 fully saturated rings. The summed E-state index contributed by atoms with van der Waals surface area (Å²) in [7, 11) is 0. The van der Waals surface area contributed by atoms with Gasteiger partial charge in [-0.15, -0.1) is 0 Å². The lowest BCUT2D eigenvalue weighted by atomic mass is 10.1. The molecule has 0 spiro atoms. The fourth-order valence-corrected chi connectivity index (χ4v) is 2.00. The predicted molar refractivity (Wildman–Crippen MR) is 86.5 cm³/mol. The largest absolute Gasteiger partial charge is 0.322 e. The molecule has 1 amide bonds. The normalized spacial score (nSPS) is 9.67. The van der Waals surface area contributed by atoms with Gasteiger partial charge in [-0.2, -0.15) is 0 Å². The van der Waals surface area contributed by atoms with Crippen molar-refractivity contribution in [3.8, 4) is 11.8 Å². The Labute approximate surface area is 129 Å². The Balaban J connectivity index is 2.21. The van der Waals surface area contributed by atoms with Gasteiger partial charge in [0, 0.05) is 21.8 Å². The molecule has 0 bridgehead atoms. The number of hydrogen-bond donors (Lipinski definition) is 2. The zero-order valence-corrected chi connectivity index (χ0v) is 12.4. The van der Waals surface area contributed by atoms with Crippen LogP contribution in [0.15, 0.2) is 42.5 Å². The topological polar surface area (TPSA) is 55.1 Å². The fourth-order valence-electron chi connectivity index (χ4n) is 1.81. The summed E-state index contributed by atoms with van der Waals surface area (Å²) >= 11 is 5.89. The van der Waals surface area contributed by atoms with Crippen molar-refractivity contribution < 1.29 is 4.79 Å². The molecule has 2 aromatic carbocycles. The summed E-state index contributed by atoms with van der Waals surface area (Å²) < 4.78 is 0. The minimum atomic E-state index is -0.209. The van der Waals surface area contributed by atoms with Crippen LogP contribution in [0.3, 0.4) is 0 Å². The second-order valence-corrected chi connectivity index (χ2v) is 4.94. The van der Waals surface area contributed by atoms with Gasteiger partial charge in [0.15, 0.2) is 0 Å². The lowest BCUT2D eigenvalue weighted by Crippen LogP contribution is -2.12. The quantitative estimate of drug-likeness (QED) is 0.837. The Morgan fingerprint density at radius 3 is 2.81 bits per heavy atom. The number of halogens is 1. The maximum absolute atomic E-state index is 12.2. The van der Waals surface area contributed by atoms with Gasteiger partial charge in [-0.3, -0.25) is 4.79 Å². The van der Waals surface area contributed by atoms with E-state index in [1.165, 1.54) is 0 Å². The Morgan fingerprint density at radius 1 is 1.29 bits per heavy atom. The van der Waals surface area contributed by atoms with Crippen LogP contribution >= 0.6 is 11.6 Å². The first-order valence-electron chi connectivity index (χ1n) is 6.46. The summed E-state index contributed by atoms with van der Waals surface area (Å²) in [5.41, 5.74) is 8.47. The smallest absolute Gasteiger partial charge is 0.255 e. The lowest BCUT2D eigenvalue weighted by Gasteiger charge is -2.07. The highest BCUT2D eigenvalue weighted by atomic mass is 35.5. The molecule has 0 aliphatic heterocycles. The third-order valence-corrected chi connectivity index (χ3v) is 3.14. The number of hydrogen-bond acceptors (Lipinski definition) is 2. The molecule has 0 radical (unpaired) electrons. The molecule has 21 heavy (non-hydrogen) atoms. The molecule has 2 aromatic rings. The third kappa shape index (κ3) is 4.09. The van der Waals surface area contributed by atoms with E-state index in [0.717, 1.165) is 11.1 Å². The van der Waals surface area contributed by atoms with Gasteiger partial charge in [0.25, 0.3) is 5.91 Å². The molecule has 0 heterocycles. The van der Waals surface area contributed by atoms with Crippen LogP contribution in [0.1, 0.15) is 21.5 Å². The molecule has 0 saturated heterocycles. The van der Waals surface area contributed by atoms with E-state index in [1.54, 1.807) is 24.3 Å². The van der Waals surface area contributed by atoms with Crippen molar-refractivity contribution in [3.05, 3.63) is 64.2 Å². The van der Waals surface area contributed by atoms with Gasteiger partial charge in [-0.25, -0.2) is 0 Å². The van der Waals surface area contributed by atoms with E-state index >= 15 is 0 Å². The summed E-state index contributed by atoms with van der Waals surface area (Å²) in [4.78, 5) is 12.2. The standard InChI is InChI=1S/C17H15ClN2O/c1-12-7-8-16(11-13(12)5-3-9-19)20-17(21)14-4-2-6-15(18)10-14/h2,4,6-8,10-11H,9,19H2,1H3,(H,20,21). The molecule has 0 aliphatic carbocycles. The summed E-state index contributed by atoms with van der Waals surface area (Å²) in [5.74, 6) is 5.59. The van der Waals surface area contributed by atoms with E-state index in [9.17, 15) is 4.79 Å². The molecule has 0 aromatic heterocycles. The van der Waals surface area contributed by atoms with E-state index < -0.39 is 0 Å². The Bertz CT molecular complexity index is 729. The van der Waals surface area contributed by atoms with Gasteiger partial charge >= 0.3 is 0 Å². The number of carbonyl (C=O) groups excluding carboxylic acids is 1. The minimum absolute atomic E-state index is 0.209. The van der Waals surface area contributed by atoms with Crippen molar-refractivity contribution in [1.29, 1.82) is 0 Å².